The summed E-state index contributed by atoms with van der Waals surface area (Å²) >= 11 is 4.61. The summed E-state index contributed by atoms with van der Waals surface area (Å²) in [5.74, 6) is 1.26. The van der Waals surface area contributed by atoms with Gasteiger partial charge in [0, 0.05) is 0 Å². The van der Waals surface area contributed by atoms with Crippen molar-refractivity contribution in [2.45, 2.75) is 71.1 Å². The number of hydrogen-bond acceptors (Lipinski definition) is 2. The van der Waals surface area contributed by atoms with E-state index in [4.69, 9.17) is 0 Å². The fourth-order valence-electron chi connectivity index (χ4n) is 4.51. The maximum atomic E-state index is 14.3. The van der Waals surface area contributed by atoms with Gasteiger partial charge in [0.15, 0.2) is 5.82 Å². The summed E-state index contributed by atoms with van der Waals surface area (Å²) in [4.78, 5) is 3.84. The second-order valence-electron chi connectivity index (χ2n) is 8.16. The largest absolute Gasteiger partial charge is 0.205 e. The van der Waals surface area contributed by atoms with Crippen LogP contribution in [-0.2, 0) is 0 Å². The molecular formula is C25H30FNS. The van der Waals surface area contributed by atoms with Crippen molar-refractivity contribution in [3.63, 3.8) is 0 Å². The highest BCUT2D eigenvalue weighted by molar-refractivity contribution is 7.78. The van der Waals surface area contributed by atoms with Crippen LogP contribution in [0.15, 0.2) is 41.4 Å². The minimum atomic E-state index is -0.349. The lowest BCUT2D eigenvalue weighted by Crippen LogP contribution is -2.13. The highest BCUT2D eigenvalue weighted by atomic mass is 32.1. The van der Waals surface area contributed by atoms with E-state index in [1.54, 1.807) is 0 Å². The Morgan fingerprint density at radius 1 is 1.04 bits per heavy atom. The van der Waals surface area contributed by atoms with Gasteiger partial charge in [0.2, 0.25) is 0 Å². The number of rotatable bonds is 7. The molecule has 0 saturated heterocycles. The molecule has 0 radical (unpaired) electrons. The lowest BCUT2D eigenvalue weighted by molar-refractivity contribution is 0.303. The number of nitrogens with zero attached hydrogens (tertiary/aromatic N) is 1. The molecule has 0 heterocycles. The molecule has 0 amide bonds. The molecule has 1 nitrogen and oxygen atoms in total. The fourth-order valence-corrected chi connectivity index (χ4v) is 4.60. The molecule has 3 rings (SSSR count). The Balaban J connectivity index is 1.65. The van der Waals surface area contributed by atoms with Crippen LogP contribution in [-0.4, -0.2) is 5.16 Å². The maximum absolute atomic E-state index is 14.3. The van der Waals surface area contributed by atoms with Gasteiger partial charge in [-0.15, -0.1) is 0 Å². The zero-order valence-corrected chi connectivity index (χ0v) is 17.8. The van der Waals surface area contributed by atoms with Gasteiger partial charge in [-0.2, -0.15) is 4.99 Å². The number of benzene rings is 2. The smallest absolute Gasteiger partial charge is 0.150 e. The van der Waals surface area contributed by atoms with E-state index >= 15 is 0 Å². The maximum Gasteiger partial charge on any atom is 0.150 e. The predicted octanol–water partition coefficient (Wildman–Crippen LogP) is 8.39. The molecule has 1 fully saturated rings. The van der Waals surface area contributed by atoms with Crippen LogP contribution in [0.1, 0.15) is 75.3 Å². The molecule has 0 aliphatic heterocycles. The van der Waals surface area contributed by atoms with Crippen LogP contribution in [0.2, 0.25) is 0 Å². The molecular weight excluding hydrogens is 365 g/mol. The van der Waals surface area contributed by atoms with E-state index in [-0.39, 0.29) is 11.5 Å². The summed E-state index contributed by atoms with van der Waals surface area (Å²) in [6, 6.07) is 12.2. The normalized spacial score (nSPS) is 19.2. The first-order chi connectivity index (χ1) is 13.6. The standard InChI is InChI=1S/C25H30FNS/c1-3-4-5-6-19-7-9-20(10-8-19)21-11-13-22(14-12-21)23-15-18(2)25(27-17-28)24(26)16-23/h11-16,19-20H,3-10H2,1-2H3. The predicted molar refractivity (Wildman–Crippen MR) is 120 cm³/mol. The van der Waals surface area contributed by atoms with Crippen LogP contribution >= 0.6 is 12.2 Å². The number of aryl methyl sites for hydroxylation is 1. The summed E-state index contributed by atoms with van der Waals surface area (Å²) in [5.41, 5.74) is 4.40. The highest BCUT2D eigenvalue weighted by Crippen LogP contribution is 2.38. The second kappa shape index (κ2) is 10.1. The number of unbranched alkanes of at least 4 members (excludes halogenated alkanes) is 2. The summed E-state index contributed by atoms with van der Waals surface area (Å²) in [6.07, 6.45) is 10.8. The summed E-state index contributed by atoms with van der Waals surface area (Å²) in [5, 5.41) is 2.25. The van der Waals surface area contributed by atoms with E-state index in [0.29, 0.717) is 5.92 Å². The third kappa shape index (κ3) is 5.16. The molecule has 0 unspecified atom stereocenters. The molecule has 0 atom stereocenters. The molecule has 1 saturated carbocycles. The number of thiocarbonyl (C=S) groups is 1. The van der Waals surface area contributed by atoms with Crippen molar-refractivity contribution in [1.82, 2.24) is 0 Å². The van der Waals surface area contributed by atoms with E-state index in [2.05, 4.69) is 53.6 Å². The molecule has 0 N–H and O–H groups in total. The Bertz CT molecular complexity index is 805. The molecule has 28 heavy (non-hydrogen) atoms. The van der Waals surface area contributed by atoms with Crippen molar-refractivity contribution < 1.29 is 4.39 Å². The minimum Gasteiger partial charge on any atom is -0.205 e. The van der Waals surface area contributed by atoms with Crippen molar-refractivity contribution in [2.75, 3.05) is 0 Å². The van der Waals surface area contributed by atoms with Gasteiger partial charge in [0.1, 0.15) is 5.69 Å². The second-order valence-corrected chi connectivity index (χ2v) is 8.34. The van der Waals surface area contributed by atoms with Crippen LogP contribution in [0, 0.1) is 18.7 Å². The van der Waals surface area contributed by atoms with Gasteiger partial charge in [0.05, 0.1) is 5.16 Å². The van der Waals surface area contributed by atoms with Crippen LogP contribution in [0.4, 0.5) is 10.1 Å². The van der Waals surface area contributed by atoms with Gasteiger partial charge in [-0.05, 0) is 91.0 Å². The van der Waals surface area contributed by atoms with Gasteiger partial charge in [0.25, 0.3) is 0 Å². The number of isothiocyanates is 1. The van der Waals surface area contributed by atoms with Crippen molar-refractivity contribution in [1.29, 1.82) is 0 Å². The molecule has 2 aromatic carbocycles. The Morgan fingerprint density at radius 2 is 1.75 bits per heavy atom. The molecule has 1 aliphatic rings. The summed E-state index contributed by atoms with van der Waals surface area (Å²) in [6.45, 7) is 4.13. The number of aliphatic imine (C=N–C) groups is 1. The van der Waals surface area contributed by atoms with E-state index in [1.807, 2.05) is 13.0 Å². The topological polar surface area (TPSA) is 12.4 Å². The molecule has 0 spiro atoms. The molecule has 3 heteroatoms. The fraction of sp³-hybridized carbons (Fsp3) is 0.480. The van der Waals surface area contributed by atoms with Crippen LogP contribution in [0.25, 0.3) is 11.1 Å². The lowest BCUT2D eigenvalue weighted by atomic mass is 9.77. The third-order valence-electron chi connectivity index (χ3n) is 6.19. The molecule has 2 aromatic rings. The first kappa shape index (κ1) is 20.9. The lowest BCUT2D eigenvalue weighted by Gasteiger charge is -2.29. The zero-order chi connectivity index (χ0) is 19.9. The van der Waals surface area contributed by atoms with E-state index in [9.17, 15) is 4.39 Å². The van der Waals surface area contributed by atoms with Gasteiger partial charge in [-0.1, -0.05) is 56.9 Å². The number of halogens is 1. The molecule has 148 valence electrons. The zero-order valence-electron chi connectivity index (χ0n) is 17.0. The average molecular weight is 396 g/mol. The van der Waals surface area contributed by atoms with Gasteiger partial charge in [-0.25, -0.2) is 4.39 Å². The third-order valence-corrected chi connectivity index (χ3v) is 6.28. The Morgan fingerprint density at radius 3 is 2.36 bits per heavy atom. The average Bonchev–Trinajstić information content (AvgIpc) is 2.71. The number of hydrogen-bond donors (Lipinski definition) is 0. The monoisotopic (exact) mass is 395 g/mol. The van der Waals surface area contributed by atoms with Crippen molar-refractivity contribution in [3.8, 4) is 11.1 Å². The van der Waals surface area contributed by atoms with E-state index < -0.39 is 0 Å². The Kier molecular flexibility index (Phi) is 7.53. The first-order valence-electron chi connectivity index (χ1n) is 10.6. The van der Waals surface area contributed by atoms with Crippen LogP contribution in [0.5, 0.6) is 0 Å². The van der Waals surface area contributed by atoms with E-state index in [0.717, 1.165) is 22.6 Å². The van der Waals surface area contributed by atoms with E-state index in [1.165, 1.54) is 63.0 Å². The minimum absolute atomic E-state index is 0.283. The first-order valence-corrected chi connectivity index (χ1v) is 11.0. The van der Waals surface area contributed by atoms with Crippen LogP contribution in [0.3, 0.4) is 0 Å². The van der Waals surface area contributed by atoms with Gasteiger partial charge < -0.3 is 0 Å². The Hall–Kier alpha value is -1.83. The van der Waals surface area contributed by atoms with Crippen molar-refractivity contribution in [2.24, 2.45) is 10.9 Å². The Labute approximate surface area is 174 Å². The highest BCUT2D eigenvalue weighted by Gasteiger charge is 2.22. The van der Waals surface area contributed by atoms with Crippen molar-refractivity contribution in [3.05, 3.63) is 53.3 Å². The van der Waals surface area contributed by atoms with Gasteiger partial charge >= 0.3 is 0 Å². The quantitative estimate of drug-likeness (QED) is 0.260. The SMILES string of the molecule is CCCCCC1CCC(c2ccc(-c3cc(C)c(N=C=S)c(F)c3)cc2)CC1. The summed E-state index contributed by atoms with van der Waals surface area (Å²) < 4.78 is 14.3. The summed E-state index contributed by atoms with van der Waals surface area (Å²) in [7, 11) is 0. The van der Waals surface area contributed by atoms with Crippen molar-refractivity contribution >= 4 is 23.1 Å². The molecule has 0 bridgehead atoms. The van der Waals surface area contributed by atoms with Crippen LogP contribution < -0.4 is 0 Å². The molecule has 0 aromatic heterocycles. The molecule has 1 aliphatic carbocycles. The van der Waals surface area contributed by atoms with Gasteiger partial charge in [-0.3, -0.25) is 0 Å².